The molecule has 1 N–H and O–H groups in total. The normalized spacial score (nSPS) is 19.1. The molecule has 8 heteroatoms. The van der Waals surface area contributed by atoms with E-state index in [0.717, 1.165) is 19.3 Å². The lowest BCUT2D eigenvalue weighted by atomic mass is 10.1. The van der Waals surface area contributed by atoms with Gasteiger partial charge in [0, 0.05) is 12.6 Å². The molecule has 1 aliphatic heterocycles. The second-order valence-corrected chi connectivity index (χ2v) is 5.72. The number of carbonyl (C=O) groups is 1. The summed E-state index contributed by atoms with van der Waals surface area (Å²) in [5.74, 6) is -0.989. The van der Waals surface area contributed by atoms with Crippen LogP contribution in [0.2, 0.25) is 10.0 Å². The standard InChI is InChI=1S/C13H14Cl2N2O4/c14-8-6-11(12(17(20)21)7-9(8)15)16-5-3-1-2-4-10(16)13(18)19/h6-7,10H,1-5H2,(H,18,19). The van der Waals surface area contributed by atoms with Crippen molar-refractivity contribution in [2.24, 2.45) is 0 Å². The Hall–Kier alpha value is -1.53. The van der Waals surface area contributed by atoms with Gasteiger partial charge in [-0.3, -0.25) is 10.1 Å². The molecule has 0 saturated carbocycles. The number of nitro benzene ring substituents is 1. The summed E-state index contributed by atoms with van der Waals surface area (Å²) in [6.07, 6.45) is 2.91. The van der Waals surface area contributed by atoms with E-state index in [4.69, 9.17) is 23.2 Å². The number of nitrogens with zero attached hydrogens (tertiary/aromatic N) is 2. The van der Waals surface area contributed by atoms with Gasteiger partial charge in [0.25, 0.3) is 5.69 Å². The Kier molecular flexibility index (Phi) is 4.90. The van der Waals surface area contributed by atoms with Gasteiger partial charge in [0.1, 0.15) is 11.7 Å². The Labute approximate surface area is 131 Å². The van der Waals surface area contributed by atoms with Crippen molar-refractivity contribution in [2.45, 2.75) is 31.7 Å². The van der Waals surface area contributed by atoms with Crippen LogP contribution in [0.4, 0.5) is 11.4 Å². The molecule has 1 heterocycles. The number of hydrogen-bond acceptors (Lipinski definition) is 4. The number of carboxylic acids is 1. The Balaban J connectivity index is 2.53. The van der Waals surface area contributed by atoms with Gasteiger partial charge in [-0.15, -0.1) is 0 Å². The van der Waals surface area contributed by atoms with Crippen LogP contribution in [0.1, 0.15) is 25.7 Å². The van der Waals surface area contributed by atoms with E-state index in [0.29, 0.717) is 13.0 Å². The second-order valence-electron chi connectivity index (χ2n) is 4.91. The van der Waals surface area contributed by atoms with Crippen LogP contribution < -0.4 is 4.90 Å². The van der Waals surface area contributed by atoms with Crippen molar-refractivity contribution in [3.05, 3.63) is 32.3 Å². The molecule has 114 valence electrons. The molecule has 2 rings (SSSR count). The minimum Gasteiger partial charge on any atom is -0.480 e. The molecule has 6 nitrogen and oxygen atoms in total. The third kappa shape index (κ3) is 3.39. The number of halogens is 2. The molecule has 1 aliphatic rings. The number of anilines is 1. The van der Waals surface area contributed by atoms with E-state index >= 15 is 0 Å². The highest BCUT2D eigenvalue weighted by atomic mass is 35.5. The van der Waals surface area contributed by atoms with Gasteiger partial charge in [0.2, 0.25) is 0 Å². The van der Waals surface area contributed by atoms with Gasteiger partial charge in [-0.25, -0.2) is 4.79 Å². The van der Waals surface area contributed by atoms with E-state index in [2.05, 4.69) is 0 Å². The molecular weight excluding hydrogens is 319 g/mol. The average Bonchev–Trinajstić information content (AvgIpc) is 2.66. The van der Waals surface area contributed by atoms with Crippen LogP contribution in [-0.2, 0) is 4.79 Å². The molecule has 0 spiro atoms. The molecule has 0 aliphatic carbocycles. The molecule has 1 aromatic rings. The van der Waals surface area contributed by atoms with Crippen LogP contribution >= 0.6 is 23.2 Å². The van der Waals surface area contributed by atoms with E-state index in [-0.39, 0.29) is 21.4 Å². The van der Waals surface area contributed by atoms with Crippen molar-refractivity contribution in [3.8, 4) is 0 Å². The molecule has 0 radical (unpaired) electrons. The Bertz CT molecular complexity index is 580. The number of rotatable bonds is 3. The van der Waals surface area contributed by atoms with Crippen molar-refractivity contribution < 1.29 is 14.8 Å². The first-order valence-electron chi connectivity index (χ1n) is 6.54. The second kappa shape index (κ2) is 6.49. The van der Waals surface area contributed by atoms with E-state index in [1.54, 1.807) is 4.90 Å². The summed E-state index contributed by atoms with van der Waals surface area (Å²) in [7, 11) is 0. The van der Waals surface area contributed by atoms with Crippen molar-refractivity contribution in [3.63, 3.8) is 0 Å². The van der Waals surface area contributed by atoms with Crippen LogP contribution in [-0.4, -0.2) is 28.6 Å². The van der Waals surface area contributed by atoms with Crippen LogP contribution in [0.15, 0.2) is 12.1 Å². The summed E-state index contributed by atoms with van der Waals surface area (Å²) in [5.41, 5.74) is -0.0127. The van der Waals surface area contributed by atoms with Gasteiger partial charge in [-0.2, -0.15) is 0 Å². The van der Waals surface area contributed by atoms with Gasteiger partial charge in [-0.05, 0) is 18.9 Å². The topological polar surface area (TPSA) is 83.7 Å². The van der Waals surface area contributed by atoms with Gasteiger partial charge in [0.15, 0.2) is 0 Å². The van der Waals surface area contributed by atoms with Crippen LogP contribution in [0, 0.1) is 10.1 Å². The Morgan fingerprint density at radius 1 is 1.29 bits per heavy atom. The van der Waals surface area contributed by atoms with Crippen molar-refractivity contribution in [2.75, 3.05) is 11.4 Å². The fourth-order valence-electron chi connectivity index (χ4n) is 2.56. The zero-order valence-electron chi connectivity index (χ0n) is 11.1. The minimum absolute atomic E-state index is 0.0776. The highest BCUT2D eigenvalue weighted by molar-refractivity contribution is 6.42. The third-order valence-electron chi connectivity index (χ3n) is 3.56. The van der Waals surface area contributed by atoms with Crippen molar-refractivity contribution in [1.82, 2.24) is 0 Å². The fourth-order valence-corrected chi connectivity index (χ4v) is 2.87. The van der Waals surface area contributed by atoms with E-state index in [9.17, 15) is 20.0 Å². The summed E-state index contributed by atoms with van der Waals surface area (Å²) >= 11 is 11.8. The Morgan fingerprint density at radius 3 is 2.57 bits per heavy atom. The summed E-state index contributed by atoms with van der Waals surface area (Å²) in [4.78, 5) is 23.7. The van der Waals surface area contributed by atoms with Crippen LogP contribution in [0.3, 0.4) is 0 Å². The average molecular weight is 333 g/mol. The summed E-state index contributed by atoms with van der Waals surface area (Å²) in [6, 6.07) is 1.76. The highest BCUT2D eigenvalue weighted by Crippen LogP contribution is 2.38. The number of benzene rings is 1. The maximum atomic E-state index is 11.5. The van der Waals surface area contributed by atoms with E-state index < -0.39 is 16.9 Å². The van der Waals surface area contributed by atoms with Gasteiger partial charge in [-0.1, -0.05) is 36.0 Å². The molecular formula is C13H14Cl2N2O4. The Morgan fingerprint density at radius 2 is 1.95 bits per heavy atom. The summed E-state index contributed by atoms with van der Waals surface area (Å²) in [6.45, 7) is 0.440. The lowest BCUT2D eigenvalue weighted by molar-refractivity contribution is -0.384. The lowest BCUT2D eigenvalue weighted by Crippen LogP contribution is -2.41. The number of hydrogen-bond donors (Lipinski definition) is 1. The molecule has 0 aromatic heterocycles. The molecule has 1 unspecified atom stereocenters. The molecule has 1 saturated heterocycles. The van der Waals surface area contributed by atoms with Crippen LogP contribution in [0.5, 0.6) is 0 Å². The van der Waals surface area contributed by atoms with Crippen molar-refractivity contribution >= 4 is 40.5 Å². The first-order valence-corrected chi connectivity index (χ1v) is 7.30. The SMILES string of the molecule is O=C(O)C1CCCCCN1c1cc(Cl)c(Cl)cc1[N+](=O)[O-]. The first kappa shape index (κ1) is 15.9. The van der Waals surface area contributed by atoms with Gasteiger partial charge >= 0.3 is 5.97 Å². The predicted octanol–water partition coefficient (Wildman–Crippen LogP) is 3.74. The molecule has 21 heavy (non-hydrogen) atoms. The quantitative estimate of drug-likeness (QED) is 0.673. The molecule has 1 atom stereocenters. The van der Waals surface area contributed by atoms with Gasteiger partial charge < -0.3 is 10.0 Å². The maximum absolute atomic E-state index is 11.5. The molecule has 1 fully saturated rings. The predicted molar refractivity (Wildman–Crippen MR) is 80.4 cm³/mol. The van der Waals surface area contributed by atoms with E-state index in [1.165, 1.54) is 12.1 Å². The highest BCUT2D eigenvalue weighted by Gasteiger charge is 2.32. The third-order valence-corrected chi connectivity index (χ3v) is 4.28. The number of nitro groups is 1. The monoisotopic (exact) mass is 332 g/mol. The first-order chi connectivity index (χ1) is 9.91. The number of carboxylic acid groups (broad SMARTS) is 1. The minimum atomic E-state index is -0.989. The van der Waals surface area contributed by atoms with Crippen molar-refractivity contribution in [1.29, 1.82) is 0 Å². The summed E-state index contributed by atoms with van der Waals surface area (Å²) < 4.78 is 0. The van der Waals surface area contributed by atoms with E-state index in [1.807, 2.05) is 0 Å². The zero-order valence-corrected chi connectivity index (χ0v) is 12.6. The summed E-state index contributed by atoms with van der Waals surface area (Å²) in [5, 5.41) is 20.8. The molecule has 0 bridgehead atoms. The van der Waals surface area contributed by atoms with Crippen LogP contribution in [0.25, 0.3) is 0 Å². The number of aliphatic carboxylic acids is 1. The smallest absolute Gasteiger partial charge is 0.326 e. The maximum Gasteiger partial charge on any atom is 0.326 e. The fraction of sp³-hybridized carbons (Fsp3) is 0.462. The molecule has 0 amide bonds. The van der Waals surface area contributed by atoms with Gasteiger partial charge in [0.05, 0.1) is 15.0 Å². The largest absolute Gasteiger partial charge is 0.480 e. The zero-order chi connectivity index (χ0) is 15.6. The lowest BCUT2D eigenvalue weighted by Gasteiger charge is -2.28. The molecule has 1 aromatic carbocycles.